The van der Waals surface area contributed by atoms with E-state index in [0.29, 0.717) is 6.54 Å². The van der Waals surface area contributed by atoms with Crippen LogP contribution < -0.4 is 10.1 Å². The Morgan fingerprint density at radius 1 is 1.04 bits per heavy atom. The van der Waals surface area contributed by atoms with Crippen molar-refractivity contribution in [2.24, 2.45) is 0 Å². The summed E-state index contributed by atoms with van der Waals surface area (Å²) in [6.07, 6.45) is 7.31. The zero-order valence-corrected chi connectivity index (χ0v) is 13.8. The van der Waals surface area contributed by atoms with Crippen LogP contribution in [0.25, 0.3) is 16.8 Å². The topological polar surface area (TPSA) is 64.3 Å². The van der Waals surface area contributed by atoms with Gasteiger partial charge in [0.1, 0.15) is 11.6 Å². The SMILES string of the molecule is COc1ccccc1-c1cnn2ccc(NCc3cccnc3)nc12. The molecule has 0 saturated carbocycles. The van der Waals surface area contributed by atoms with Gasteiger partial charge in [-0.2, -0.15) is 5.10 Å². The van der Waals surface area contributed by atoms with Crippen molar-refractivity contribution in [3.05, 3.63) is 72.8 Å². The normalized spacial score (nSPS) is 10.8. The van der Waals surface area contributed by atoms with Crippen molar-refractivity contribution in [1.82, 2.24) is 19.6 Å². The lowest BCUT2D eigenvalue weighted by atomic mass is 10.1. The Morgan fingerprint density at radius 3 is 2.80 bits per heavy atom. The number of aromatic nitrogens is 4. The molecule has 6 heteroatoms. The average molecular weight is 331 g/mol. The van der Waals surface area contributed by atoms with Crippen molar-refractivity contribution in [2.45, 2.75) is 6.54 Å². The zero-order chi connectivity index (χ0) is 17.1. The van der Waals surface area contributed by atoms with Crippen LogP contribution >= 0.6 is 0 Å². The molecule has 0 radical (unpaired) electrons. The second-order valence-corrected chi connectivity index (χ2v) is 5.55. The van der Waals surface area contributed by atoms with Gasteiger partial charge in [-0.15, -0.1) is 0 Å². The molecule has 4 rings (SSSR count). The summed E-state index contributed by atoms with van der Waals surface area (Å²) in [5.74, 6) is 1.58. The molecule has 0 saturated heterocycles. The maximum Gasteiger partial charge on any atom is 0.165 e. The van der Waals surface area contributed by atoms with Crippen molar-refractivity contribution < 1.29 is 4.74 Å². The number of benzene rings is 1. The summed E-state index contributed by atoms with van der Waals surface area (Å²) >= 11 is 0. The maximum absolute atomic E-state index is 5.47. The molecule has 0 aliphatic heterocycles. The van der Waals surface area contributed by atoms with E-state index in [4.69, 9.17) is 9.72 Å². The summed E-state index contributed by atoms with van der Waals surface area (Å²) in [4.78, 5) is 8.84. The lowest BCUT2D eigenvalue weighted by molar-refractivity contribution is 0.416. The monoisotopic (exact) mass is 331 g/mol. The molecule has 0 fully saturated rings. The van der Waals surface area contributed by atoms with E-state index in [2.05, 4.69) is 15.4 Å². The predicted octanol–water partition coefficient (Wildman–Crippen LogP) is 3.41. The highest BCUT2D eigenvalue weighted by molar-refractivity contribution is 5.81. The van der Waals surface area contributed by atoms with Crippen molar-refractivity contribution in [3.8, 4) is 16.9 Å². The van der Waals surface area contributed by atoms with E-state index in [-0.39, 0.29) is 0 Å². The third-order valence-electron chi connectivity index (χ3n) is 3.96. The number of nitrogens with zero attached hydrogens (tertiary/aromatic N) is 4. The van der Waals surface area contributed by atoms with E-state index < -0.39 is 0 Å². The maximum atomic E-state index is 5.47. The van der Waals surface area contributed by atoms with E-state index in [1.807, 2.05) is 61.1 Å². The Hall–Kier alpha value is -3.41. The lowest BCUT2D eigenvalue weighted by Gasteiger charge is -2.08. The molecule has 0 spiro atoms. The van der Waals surface area contributed by atoms with Gasteiger partial charge in [-0.1, -0.05) is 24.3 Å². The number of fused-ring (bicyclic) bond motifs is 1. The van der Waals surface area contributed by atoms with Gasteiger partial charge in [0.2, 0.25) is 0 Å². The smallest absolute Gasteiger partial charge is 0.165 e. The van der Waals surface area contributed by atoms with Gasteiger partial charge in [-0.05, 0) is 23.8 Å². The molecule has 124 valence electrons. The highest BCUT2D eigenvalue weighted by Gasteiger charge is 2.12. The van der Waals surface area contributed by atoms with Crippen LogP contribution in [0.2, 0.25) is 0 Å². The third kappa shape index (κ3) is 3.01. The molecule has 0 aliphatic carbocycles. The third-order valence-corrected chi connectivity index (χ3v) is 3.96. The fourth-order valence-electron chi connectivity index (χ4n) is 2.72. The second-order valence-electron chi connectivity index (χ2n) is 5.55. The van der Waals surface area contributed by atoms with E-state index >= 15 is 0 Å². The van der Waals surface area contributed by atoms with E-state index in [1.54, 1.807) is 17.8 Å². The second kappa shape index (κ2) is 6.60. The first-order valence-corrected chi connectivity index (χ1v) is 7.96. The number of nitrogens with one attached hydrogen (secondary N) is 1. The van der Waals surface area contributed by atoms with Gasteiger partial charge in [-0.3, -0.25) is 4.98 Å². The molecule has 0 bridgehead atoms. The molecule has 0 unspecified atom stereocenters. The summed E-state index contributed by atoms with van der Waals surface area (Å²) < 4.78 is 7.23. The summed E-state index contributed by atoms with van der Waals surface area (Å²) in [6.45, 7) is 0.662. The Balaban J connectivity index is 1.68. The van der Waals surface area contributed by atoms with Crippen LogP contribution in [0.4, 0.5) is 5.82 Å². The van der Waals surface area contributed by atoms with E-state index in [1.165, 1.54) is 0 Å². The van der Waals surface area contributed by atoms with Crippen LogP contribution in [0.5, 0.6) is 5.75 Å². The minimum atomic E-state index is 0.662. The highest BCUT2D eigenvalue weighted by atomic mass is 16.5. The highest BCUT2D eigenvalue weighted by Crippen LogP contribution is 2.32. The van der Waals surface area contributed by atoms with Gasteiger partial charge >= 0.3 is 0 Å². The van der Waals surface area contributed by atoms with Crippen LogP contribution in [0.15, 0.2) is 67.3 Å². The summed E-state index contributed by atoms with van der Waals surface area (Å²) in [5, 5.41) is 7.72. The number of hydrogen-bond acceptors (Lipinski definition) is 5. The van der Waals surface area contributed by atoms with Gasteiger partial charge < -0.3 is 10.1 Å². The van der Waals surface area contributed by atoms with Crippen molar-refractivity contribution in [2.75, 3.05) is 12.4 Å². The molecule has 0 atom stereocenters. The first-order valence-electron chi connectivity index (χ1n) is 7.96. The molecule has 3 heterocycles. The summed E-state index contributed by atoms with van der Waals surface area (Å²) in [7, 11) is 1.67. The number of ether oxygens (including phenoxy) is 1. The quantitative estimate of drug-likeness (QED) is 0.607. The average Bonchev–Trinajstić information content (AvgIpc) is 3.10. The van der Waals surface area contributed by atoms with E-state index in [9.17, 15) is 0 Å². The first kappa shape index (κ1) is 15.1. The van der Waals surface area contributed by atoms with Gasteiger partial charge in [0.05, 0.1) is 18.9 Å². The van der Waals surface area contributed by atoms with Crippen molar-refractivity contribution >= 4 is 11.5 Å². The van der Waals surface area contributed by atoms with Crippen LogP contribution in [0.1, 0.15) is 5.56 Å². The first-order chi connectivity index (χ1) is 12.3. The molecule has 6 nitrogen and oxygen atoms in total. The molecule has 4 aromatic rings. The Bertz CT molecular complexity index is 997. The summed E-state index contributed by atoms with van der Waals surface area (Å²) in [6, 6.07) is 13.7. The minimum absolute atomic E-state index is 0.662. The lowest BCUT2D eigenvalue weighted by Crippen LogP contribution is -2.03. The Labute approximate surface area is 145 Å². The van der Waals surface area contributed by atoms with E-state index in [0.717, 1.165) is 33.9 Å². The number of para-hydroxylation sites is 1. The molecule has 1 N–H and O–H groups in total. The Morgan fingerprint density at radius 2 is 1.96 bits per heavy atom. The fourth-order valence-corrected chi connectivity index (χ4v) is 2.72. The zero-order valence-electron chi connectivity index (χ0n) is 13.8. The number of pyridine rings is 1. The van der Waals surface area contributed by atoms with Crippen LogP contribution in [0.3, 0.4) is 0 Å². The van der Waals surface area contributed by atoms with Gasteiger partial charge in [0, 0.05) is 30.7 Å². The van der Waals surface area contributed by atoms with Crippen LogP contribution in [-0.2, 0) is 6.54 Å². The van der Waals surface area contributed by atoms with Crippen molar-refractivity contribution in [1.29, 1.82) is 0 Å². The number of methoxy groups -OCH3 is 1. The van der Waals surface area contributed by atoms with Gasteiger partial charge in [-0.25, -0.2) is 9.50 Å². The number of rotatable bonds is 5. The molecule has 25 heavy (non-hydrogen) atoms. The molecule has 3 aromatic heterocycles. The Kier molecular flexibility index (Phi) is 4.00. The van der Waals surface area contributed by atoms with Crippen LogP contribution in [0, 0.1) is 0 Å². The molecular formula is C19H17N5O. The largest absolute Gasteiger partial charge is 0.496 e. The molecule has 0 amide bonds. The molecule has 1 aromatic carbocycles. The standard InChI is InChI=1S/C19H17N5O/c1-25-17-7-3-2-6-15(17)16-13-22-24-10-8-18(23-19(16)24)21-12-14-5-4-9-20-11-14/h2-11,13H,12H2,1H3,(H,21,23). The van der Waals surface area contributed by atoms with Crippen LogP contribution in [-0.4, -0.2) is 26.7 Å². The van der Waals surface area contributed by atoms with Gasteiger partial charge in [0.25, 0.3) is 0 Å². The number of hydrogen-bond donors (Lipinski definition) is 1. The fraction of sp³-hybridized carbons (Fsp3) is 0.105. The number of anilines is 1. The molecule has 0 aliphatic rings. The molecular weight excluding hydrogens is 314 g/mol. The van der Waals surface area contributed by atoms with Gasteiger partial charge in [0.15, 0.2) is 5.65 Å². The predicted molar refractivity (Wildman–Crippen MR) is 96.5 cm³/mol. The van der Waals surface area contributed by atoms with Crippen molar-refractivity contribution in [3.63, 3.8) is 0 Å². The summed E-state index contributed by atoms with van der Waals surface area (Å²) in [5.41, 5.74) is 3.78. The minimum Gasteiger partial charge on any atom is -0.496 e.